The Morgan fingerprint density at radius 3 is 1.42 bits per heavy atom. The lowest BCUT2D eigenvalue weighted by molar-refractivity contribution is -0.354. The molecule has 12 saturated carbocycles. The van der Waals surface area contributed by atoms with Gasteiger partial charge in [-0.2, -0.15) is 17.6 Å². The van der Waals surface area contributed by atoms with Crippen molar-refractivity contribution < 1.29 is 108 Å². The second-order valence-electron chi connectivity index (χ2n) is 23.8. The van der Waals surface area contributed by atoms with Gasteiger partial charge in [0.05, 0.1) is 5.60 Å². The summed E-state index contributed by atoms with van der Waals surface area (Å²) in [5.41, 5.74) is -2.24. The maximum atomic E-state index is 13.8. The molecular weight excluding hydrogens is 1030 g/mol. The molecule has 12 bridgehead atoms. The number of alkyl halides is 4. The van der Waals surface area contributed by atoms with E-state index in [9.17, 15) is 56.2 Å². The Balaban J connectivity index is 0.000000155. The van der Waals surface area contributed by atoms with E-state index in [0.717, 1.165) is 51.4 Å². The van der Waals surface area contributed by atoms with Gasteiger partial charge in [0, 0.05) is 60.7 Å². The number of halogens is 4. The molecule has 0 aromatic rings. The van der Waals surface area contributed by atoms with Crippen molar-refractivity contribution in [1.29, 1.82) is 0 Å². The molecule has 0 amide bonds. The lowest BCUT2D eigenvalue weighted by Crippen LogP contribution is -2.66. The minimum absolute atomic E-state index is 0.0210. The number of ether oxygens (including phenoxy) is 11. The Hall–Kier alpha value is -5.29. The second-order valence-corrected chi connectivity index (χ2v) is 23.8. The third-order valence-electron chi connectivity index (χ3n) is 17.1. The zero-order valence-corrected chi connectivity index (χ0v) is 44.1. The molecule has 8 unspecified atom stereocenters. The van der Waals surface area contributed by atoms with Crippen molar-refractivity contribution in [2.24, 2.45) is 47.3 Å². The Bertz CT molecular complexity index is 2340. The summed E-state index contributed by atoms with van der Waals surface area (Å²) < 4.78 is 112. The zero-order chi connectivity index (χ0) is 56.3. The summed E-state index contributed by atoms with van der Waals surface area (Å²) in [4.78, 5) is 82.5. The summed E-state index contributed by atoms with van der Waals surface area (Å²) >= 11 is 0. The average molecular weight is 1100 g/mol. The number of rotatable bonds is 12. The van der Waals surface area contributed by atoms with Gasteiger partial charge in [-0.15, -0.1) is 0 Å². The Morgan fingerprint density at radius 2 is 0.961 bits per heavy atom. The first kappa shape index (κ1) is 57.9. The first-order valence-electron chi connectivity index (χ1n) is 26.3. The second kappa shape index (κ2) is 21.4. The minimum atomic E-state index is -4.33. The number of hydrogen-bond donors (Lipinski definition) is 1. The third kappa shape index (κ3) is 12.6. The monoisotopic (exact) mass is 1100 g/mol. The van der Waals surface area contributed by atoms with Gasteiger partial charge in [0.1, 0.15) is 35.8 Å². The minimum Gasteiger partial charge on any atom is -0.428 e. The summed E-state index contributed by atoms with van der Waals surface area (Å²) in [6.07, 6.45) is 5.82. The molecule has 1 spiro atoms. The predicted octanol–water partition coefficient (Wildman–Crippen LogP) is 9.25. The molecule has 13 rings (SSSR count). The van der Waals surface area contributed by atoms with Crippen LogP contribution in [0, 0.1) is 47.3 Å². The zero-order valence-electron chi connectivity index (χ0n) is 44.1. The van der Waals surface area contributed by atoms with Crippen molar-refractivity contribution in [2.75, 3.05) is 20.0 Å². The van der Waals surface area contributed by atoms with Crippen LogP contribution in [0.2, 0.25) is 0 Å². The Morgan fingerprint density at radius 1 is 0.545 bits per heavy atom. The maximum absolute atomic E-state index is 13.8. The fourth-order valence-corrected chi connectivity index (χ4v) is 14.8. The molecule has 8 atom stereocenters. The molecule has 1 N–H and O–H groups in total. The van der Waals surface area contributed by atoms with Crippen molar-refractivity contribution in [3.05, 3.63) is 36.5 Å². The summed E-state index contributed by atoms with van der Waals surface area (Å²) in [5.74, 6) is -11.3. The summed E-state index contributed by atoms with van der Waals surface area (Å²) in [5, 5.41) is 10.6. The molecule has 23 heteroatoms. The number of carbonyl (C=O) groups is 7. The maximum Gasteiger partial charge on any atom is 0.511 e. The van der Waals surface area contributed by atoms with E-state index in [2.05, 4.69) is 19.7 Å². The number of esters is 3. The molecule has 13 fully saturated rings. The van der Waals surface area contributed by atoms with E-state index >= 15 is 0 Å². The van der Waals surface area contributed by atoms with Crippen LogP contribution in [-0.4, -0.2) is 120 Å². The molecule has 0 aromatic heterocycles. The lowest BCUT2D eigenvalue weighted by Gasteiger charge is -2.62. The Kier molecular flexibility index (Phi) is 16.1. The molecule has 1 saturated heterocycles. The predicted molar refractivity (Wildman–Crippen MR) is 254 cm³/mol. The molecule has 0 radical (unpaired) electrons. The van der Waals surface area contributed by atoms with Gasteiger partial charge in [-0.3, -0.25) is 4.79 Å². The summed E-state index contributed by atoms with van der Waals surface area (Å²) in [6, 6.07) is 0. The average Bonchev–Trinajstić information content (AvgIpc) is 3.52. The van der Waals surface area contributed by atoms with Crippen molar-refractivity contribution in [1.82, 2.24) is 0 Å². The quantitative estimate of drug-likeness (QED) is 0.0629. The first-order chi connectivity index (χ1) is 35.8. The number of ketones is 1. The highest BCUT2D eigenvalue weighted by molar-refractivity contribution is 5.88. The van der Waals surface area contributed by atoms with Gasteiger partial charge in [0.25, 0.3) is 0 Å². The summed E-state index contributed by atoms with van der Waals surface area (Å²) in [6.45, 7) is 14.2. The largest absolute Gasteiger partial charge is 0.511 e. The topological polar surface area (TPSA) is 241 Å². The van der Waals surface area contributed by atoms with Crippen LogP contribution < -0.4 is 0 Å². The van der Waals surface area contributed by atoms with Crippen LogP contribution >= 0.6 is 0 Å². The molecule has 1 heterocycles. The van der Waals surface area contributed by atoms with E-state index in [1.807, 2.05) is 0 Å². The molecule has 77 heavy (non-hydrogen) atoms. The van der Waals surface area contributed by atoms with Crippen LogP contribution in [0.25, 0.3) is 0 Å². The van der Waals surface area contributed by atoms with E-state index in [-0.39, 0.29) is 47.3 Å². The van der Waals surface area contributed by atoms with Crippen LogP contribution in [0.15, 0.2) is 36.5 Å². The van der Waals surface area contributed by atoms with Crippen molar-refractivity contribution in [2.45, 2.75) is 190 Å². The molecular formula is C54H70F4O19. The lowest BCUT2D eigenvalue weighted by atomic mass is 9.51. The van der Waals surface area contributed by atoms with Crippen LogP contribution in [-0.2, 0) is 71.3 Å². The fraction of sp³-hybridized carbons (Fsp3) is 0.759. The normalized spacial score (nSPS) is 36.9. The SMILES string of the molecule is C=C(C)C(=O)OC(C)OC(=O)OC12CC3CC(C1)C(=O)C(C3)C2.C=C(C)C(=O)OC(C)OC(=O)OC12CC3CC(CC(O)(C3)C1)C2.C=C(C)C(=O)OCOC(=O)OC12CC3CC(C1)C1(OCC(F)(F)C(F)(F)CO1)C(C3)C2. The van der Waals surface area contributed by atoms with E-state index in [1.165, 1.54) is 34.6 Å². The van der Waals surface area contributed by atoms with E-state index in [0.29, 0.717) is 62.1 Å². The van der Waals surface area contributed by atoms with Gasteiger partial charge in [0.15, 0.2) is 5.79 Å². The highest BCUT2D eigenvalue weighted by atomic mass is 19.3. The molecule has 13 aliphatic rings. The van der Waals surface area contributed by atoms with Gasteiger partial charge in [-0.1, -0.05) is 19.7 Å². The van der Waals surface area contributed by atoms with Crippen molar-refractivity contribution in [3.8, 4) is 0 Å². The van der Waals surface area contributed by atoms with Gasteiger partial charge >= 0.3 is 48.2 Å². The van der Waals surface area contributed by atoms with Crippen LogP contribution in [0.3, 0.4) is 0 Å². The van der Waals surface area contributed by atoms with Crippen LogP contribution in [0.1, 0.15) is 137 Å². The summed E-state index contributed by atoms with van der Waals surface area (Å²) in [7, 11) is 0. The van der Waals surface area contributed by atoms with Gasteiger partial charge in [-0.25, -0.2) is 28.8 Å². The number of hydrogen-bond acceptors (Lipinski definition) is 19. The van der Waals surface area contributed by atoms with E-state index in [4.69, 9.17) is 52.1 Å². The molecule has 428 valence electrons. The number of carbonyl (C=O) groups excluding carboxylic acids is 7. The molecule has 19 nitrogen and oxygen atoms in total. The standard InChI is InChI=1S/C20H24F4O7.C17H24O6.C17H22O6/c1-11(2)15(25)27-10-28-16(26)31-17-5-12-3-13(6-17)20(14(4-12)7-17)29-8-18(21,22)19(23,24)9-30-20;1-10(2)14(18)21-11(3)22-15(19)23-17-7-12-4-13(8-17)6-16(20,5-12)9-17;1-9(2)15(19)21-10(3)22-16(20)23-17-6-11-4-12(7-17)14(18)13(5-11)8-17/h12-14H,1,3-10H2,2H3;11-13,20H,1,4-9H2,2-3H3;10-13H,1,4-8H2,2-3H3. The number of Topliss-reactive ketones (excluding diaryl/α,β-unsaturated/α-hetero) is 1. The number of aliphatic hydroxyl groups is 1. The van der Waals surface area contributed by atoms with Gasteiger partial charge in [0.2, 0.25) is 19.4 Å². The Labute approximate surface area is 443 Å². The fourth-order valence-electron chi connectivity index (χ4n) is 14.8. The highest BCUT2D eigenvalue weighted by Gasteiger charge is 2.70. The van der Waals surface area contributed by atoms with Crippen LogP contribution in [0.4, 0.5) is 31.9 Å². The smallest absolute Gasteiger partial charge is 0.428 e. The third-order valence-corrected chi connectivity index (χ3v) is 17.1. The van der Waals surface area contributed by atoms with Gasteiger partial charge in [-0.05, 0) is 141 Å². The molecule has 0 aromatic carbocycles. The molecule has 1 aliphatic heterocycles. The van der Waals surface area contributed by atoms with Gasteiger partial charge < -0.3 is 57.2 Å². The van der Waals surface area contributed by atoms with Crippen LogP contribution in [0.5, 0.6) is 0 Å². The highest BCUT2D eigenvalue weighted by Crippen LogP contribution is 2.64. The van der Waals surface area contributed by atoms with E-state index in [1.54, 1.807) is 0 Å². The molecule has 12 aliphatic carbocycles. The van der Waals surface area contributed by atoms with E-state index < -0.39 is 121 Å². The first-order valence-corrected chi connectivity index (χ1v) is 26.3. The van der Waals surface area contributed by atoms with Crippen molar-refractivity contribution >= 4 is 42.2 Å². The van der Waals surface area contributed by atoms with Crippen molar-refractivity contribution in [3.63, 3.8) is 0 Å².